The van der Waals surface area contributed by atoms with Crippen molar-refractivity contribution in [2.24, 2.45) is 5.73 Å². The quantitative estimate of drug-likeness (QED) is 0.853. The van der Waals surface area contributed by atoms with Gasteiger partial charge < -0.3 is 10.5 Å². The second-order valence-corrected chi connectivity index (χ2v) is 5.05. The Balaban J connectivity index is 2.33. The van der Waals surface area contributed by atoms with E-state index in [1.165, 1.54) is 6.07 Å². The lowest BCUT2D eigenvalue weighted by Gasteiger charge is -2.31. The maximum absolute atomic E-state index is 13.8. The molecule has 0 aliphatic carbocycles. The zero-order valence-corrected chi connectivity index (χ0v) is 10.8. The minimum absolute atomic E-state index is 0.0452. The Morgan fingerprint density at radius 3 is 2.71 bits per heavy atom. The van der Waals surface area contributed by atoms with E-state index in [1.54, 1.807) is 12.1 Å². The summed E-state index contributed by atoms with van der Waals surface area (Å²) in [6.07, 6.45) is 0.857. The smallest absolute Gasteiger partial charge is 0.185 e. The molecule has 0 unspecified atom stereocenters. The fourth-order valence-corrected chi connectivity index (χ4v) is 2.28. The summed E-state index contributed by atoms with van der Waals surface area (Å²) in [5, 5.41) is 0. The van der Waals surface area contributed by atoms with Crippen LogP contribution in [0.4, 0.5) is 4.39 Å². The maximum Gasteiger partial charge on any atom is 0.185 e. The van der Waals surface area contributed by atoms with Gasteiger partial charge in [-0.1, -0.05) is 6.07 Å². The summed E-state index contributed by atoms with van der Waals surface area (Å²) in [6, 6.07) is 4.65. The van der Waals surface area contributed by atoms with Crippen molar-refractivity contribution in [1.29, 1.82) is 0 Å². The molecule has 1 saturated heterocycles. The highest BCUT2D eigenvalue weighted by Crippen LogP contribution is 2.26. The monoisotopic (exact) mass is 301 g/mol. The van der Waals surface area contributed by atoms with Gasteiger partial charge in [0, 0.05) is 13.2 Å². The fourth-order valence-electron chi connectivity index (χ4n) is 1.91. The summed E-state index contributed by atoms with van der Waals surface area (Å²) in [5.74, 6) is -0.895. The van der Waals surface area contributed by atoms with Crippen molar-refractivity contribution < 1.29 is 13.9 Å². The highest BCUT2D eigenvalue weighted by atomic mass is 79.9. The van der Waals surface area contributed by atoms with Crippen LogP contribution in [-0.4, -0.2) is 24.5 Å². The fraction of sp³-hybridized carbons (Fsp3) is 0.417. The summed E-state index contributed by atoms with van der Waals surface area (Å²) >= 11 is 3.06. The number of nitrogens with two attached hydrogens (primary N) is 1. The van der Waals surface area contributed by atoms with E-state index in [1.807, 2.05) is 0 Å². The molecule has 3 nitrogen and oxygen atoms in total. The van der Waals surface area contributed by atoms with Crippen molar-refractivity contribution in [2.45, 2.75) is 18.4 Å². The molecule has 0 radical (unpaired) electrons. The predicted octanol–water partition coefficient (Wildman–Crippen LogP) is 2.28. The van der Waals surface area contributed by atoms with Crippen LogP contribution in [0.25, 0.3) is 0 Å². The van der Waals surface area contributed by atoms with Crippen LogP contribution >= 0.6 is 15.9 Å². The van der Waals surface area contributed by atoms with Crippen molar-refractivity contribution in [2.75, 3.05) is 13.2 Å². The minimum atomic E-state index is -1.00. The number of benzene rings is 1. The van der Waals surface area contributed by atoms with Crippen LogP contribution in [0.5, 0.6) is 0 Å². The van der Waals surface area contributed by atoms with E-state index in [9.17, 15) is 9.18 Å². The maximum atomic E-state index is 13.8. The van der Waals surface area contributed by atoms with Gasteiger partial charge in [0.1, 0.15) is 5.82 Å². The van der Waals surface area contributed by atoms with Crippen LogP contribution in [0.2, 0.25) is 0 Å². The van der Waals surface area contributed by atoms with Crippen LogP contribution < -0.4 is 5.73 Å². The third kappa shape index (κ3) is 2.41. The van der Waals surface area contributed by atoms with E-state index < -0.39 is 11.4 Å². The highest BCUT2D eigenvalue weighted by molar-refractivity contribution is 9.10. The molecule has 0 bridgehead atoms. The van der Waals surface area contributed by atoms with Gasteiger partial charge in [-0.25, -0.2) is 4.39 Å². The minimum Gasteiger partial charge on any atom is -0.381 e. The summed E-state index contributed by atoms with van der Waals surface area (Å²) in [5.41, 5.74) is 5.09. The van der Waals surface area contributed by atoms with E-state index >= 15 is 0 Å². The lowest BCUT2D eigenvalue weighted by atomic mass is 9.83. The summed E-state index contributed by atoms with van der Waals surface area (Å²) in [7, 11) is 0. The molecule has 0 saturated carbocycles. The molecule has 5 heteroatoms. The molecule has 17 heavy (non-hydrogen) atoms. The molecule has 0 amide bonds. The van der Waals surface area contributed by atoms with E-state index in [2.05, 4.69) is 15.9 Å². The van der Waals surface area contributed by atoms with Crippen LogP contribution in [0, 0.1) is 5.82 Å². The predicted molar refractivity (Wildman–Crippen MR) is 65.4 cm³/mol. The number of Topliss-reactive ketones (excluding diaryl/α,β-unsaturated/α-hetero) is 1. The summed E-state index contributed by atoms with van der Waals surface area (Å²) in [6.45, 7) is 0.885. The first kappa shape index (κ1) is 12.7. The van der Waals surface area contributed by atoms with Crippen molar-refractivity contribution in [3.05, 3.63) is 34.1 Å². The van der Waals surface area contributed by atoms with Gasteiger partial charge in [0.2, 0.25) is 0 Å². The topological polar surface area (TPSA) is 52.3 Å². The van der Waals surface area contributed by atoms with Crippen LogP contribution in [-0.2, 0) is 4.74 Å². The molecular formula is C12H13BrFNO2. The second kappa shape index (κ2) is 4.84. The number of carbonyl (C=O) groups is 1. The first-order chi connectivity index (χ1) is 8.04. The molecule has 1 aliphatic heterocycles. The third-order valence-corrected chi connectivity index (χ3v) is 3.65. The average Bonchev–Trinajstić information content (AvgIpc) is 2.33. The normalized spacial score (nSPS) is 19.0. The Hall–Kier alpha value is -0.780. The Morgan fingerprint density at radius 2 is 2.06 bits per heavy atom. The van der Waals surface area contributed by atoms with Gasteiger partial charge in [0.05, 0.1) is 15.6 Å². The van der Waals surface area contributed by atoms with Crippen LogP contribution in [0.15, 0.2) is 22.7 Å². The van der Waals surface area contributed by atoms with E-state index in [-0.39, 0.29) is 15.8 Å². The van der Waals surface area contributed by atoms with Crippen molar-refractivity contribution in [1.82, 2.24) is 0 Å². The zero-order chi connectivity index (χ0) is 12.5. The van der Waals surface area contributed by atoms with Gasteiger partial charge in [-0.15, -0.1) is 0 Å². The van der Waals surface area contributed by atoms with E-state index in [0.717, 1.165) is 0 Å². The molecule has 2 rings (SSSR count). The number of rotatable bonds is 2. The number of halogens is 2. The van der Waals surface area contributed by atoms with Gasteiger partial charge in [-0.05, 0) is 40.9 Å². The molecule has 1 aromatic carbocycles. The van der Waals surface area contributed by atoms with Crippen LogP contribution in [0.1, 0.15) is 23.2 Å². The Morgan fingerprint density at radius 1 is 1.41 bits per heavy atom. The average molecular weight is 302 g/mol. The third-order valence-electron chi connectivity index (χ3n) is 3.03. The Labute approximate surface area is 107 Å². The number of hydrogen-bond donors (Lipinski definition) is 1. The molecule has 1 aromatic rings. The molecule has 1 fully saturated rings. The van der Waals surface area contributed by atoms with Gasteiger partial charge in [0.15, 0.2) is 5.78 Å². The SMILES string of the molecule is NC1(C(=O)c2cccc(Br)c2F)CCOCC1. The molecule has 0 atom stereocenters. The van der Waals surface area contributed by atoms with Gasteiger partial charge in [-0.2, -0.15) is 0 Å². The molecular weight excluding hydrogens is 289 g/mol. The van der Waals surface area contributed by atoms with Crippen molar-refractivity contribution in [3.63, 3.8) is 0 Å². The first-order valence-corrected chi connectivity index (χ1v) is 6.19. The highest BCUT2D eigenvalue weighted by Gasteiger charge is 2.37. The van der Waals surface area contributed by atoms with Gasteiger partial charge in [0.25, 0.3) is 0 Å². The van der Waals surface area contributed by atoms with Crippen molar-refractivity contribution >= 4 is 21.7 Å². The summed E-state index contributed by atoms with van der Waals surface area (Å²) < 4.78 is 19.3. The molecule has 1 aliphatic rings. The zero-order valence-electron chi connectivity index (χ0n) is 9.21. The number of ether oxygens (including phenoxy) is 1. The molecule has 1 heterocycles. The van der Waals surface area contributed by atoms with Crippen molar-refractivity contribution in [3.8, 4) is 0 Å². The largest absolute Gasteiger partial charge is 0.381 e. The van der Waals surface area contributed by atoms with Gasteiger partial charge in [-0.3, -0.25) is 4.79 Å². The first-order valence-electron chi connectivity index (χ1n) is 5.40. The Bertz CT molecular complexity index is 444. The number of ketones is 1. The molecule has 0 spiro atoms. The second-order valence-electron chi connectivity index (χ2n) is 4.20. The van der Waals surface area contributed by atoms with E-state index in [4.69, 9.17) is 10.5 Å². The van der Waals surface area contributed by atoms with Crippen LogP contribution in [0.3, 0.4) is 0 Å². The number of hydrogen-bond acceptors (Lipinski definition) is 3. The summed E-state index contributed by atoms with van der Waals surface area (Å²) in [4.78, 5) is 12.3. The lowest BCUT2D eigenvalue weighted by Crippen LogP contribution is -2.52. The van der Waals surface area contributed by atoms with E-state index in [0.29, 0.717) is 26.1 Å². The molecule has 92 valence electrons. The standard InChI is InChI=1S/C12H13BrFNO2/c13-9-3-1-2-8(10(9)14)11(16)12(15)4-6-17-7-5-12/h1-3H,4-7,15H2. The Kier molecular flexibility index (Phi) is 3.61. The lowest BCUT2D eigenvalue weighted by molar-refractivity contribution is 0.0445. The molecule has 0 aromatic heterocycles. The number of carbonyl (C=O) groups excluding carboxylic acids is 1. The van der Waals surface area contributed by atoms with Gasteiger partial charge >= 0.3 is 0 Å². The molecule has 2 N–H and O–H groups in total.